The van der Waals surface area contributed by atoms with E-state index in [4.69, 9.17) is 10.5 Å². The summed E-state index contributed by atoms with van der Waals surface area (Å²) in [4.78, 5) is 4.25. The maximum absolute atomic E-state index is 5.81. The summed E-state index contributed by atoms with van der Waals surface area (Å²) in [7, 11) is 0. The van der Waals surface area contributed by atoms with E-state index in [-0.39, 0.29) is 0 Å². The summed E-state index contributed by atoms with van der Waals surface area (Å²) >= 11 is 0. The standard InChI is InChI=1S/C14H23N3O/c1-4-18-9-5-8-16-14(15)17-13-7-6-11(2)12(3)10-13/h6-7,10H,4-5,8-9H2,1-3H3,(H3,15,16,17). The van der Waals surface area contributed by atoms with Crippen LogP contribution in [0.3, 0.4) is 0 Å². The smallest absolute Gasteiger partial charge is 0.193 e. The monoisotopic (exact) mass is 249 g/mol. The number of ether oxygens (including phenoxy) is 1. The highest BCUT2D eigenvalue weighted by Crippen LogP contribution is 2.13. The lowest BCUT2D eigenvalue weighted by Crippen LogP contribution is -2.23. The van der Waals surface area contributed by atoms with E-state index in [0.717, 1.165) is 25.3 Å². The average molecular weight is 249 g/mol. The molecule has 0 fully saturated rings. The number of nitrogens with one attached hydrogen (secondary N) is 1. The normalized spacial score (nSPS) is 11.6. The van der Waals surface area contributed by atoms with Crippen molar-refractivity contribution in [3.05, 3.63) is 29.3 Å². The number of nitrogens with zero attached hydrogens (tertiary/aromatic N) is 1. The van der Waals surface area contributed by atoms with Crippen LogP contribution >= 0.6 is 0 Å². The quantitative estimate of drug-likeness (QED) is 0.462. The second-order valence-electron chi connectivity index (χ2n) is 4.24. The summed E-state index contributed by atoms with van der Waals surface area (Å²) in [6.07, 6.45) is 0.892. The number of guanidine groups is 1. The molecule has 3 N–H and O–H groups in total. The molecule has 1 aromatic rings. The molecule has 0 aromatic heterocycles. The van der Waals surface area contributed by atoms with Crippen molar-refractivity contribution >= 4 is 11.6 Å². The fraction of sp³-hybridized carbons (Fsp3) is 0.500. The minimum absolute atomic E-state index is 0.453. The molecule has 0 spiro atoms. The zero-order chi connectivity index (χ0) is 13.4. The highest BCUT2D eigenvalue weighted by molar-refractivity contribution is 5.92. The Morgan fingerprint density at radius 1 is 1.33 bits per heavy atom. The van der Waals surface area contributed by atoms with Crippen LogP contribution in [0.2, 0.25) is 0 Å². The van der Waals surface area contributed by atoms with Crippen molar-refractivity contribution in [3.63, 3.8) is 0 Å². The van der Waals surface area contributed by atoms with Crippen LogP contribution in [0.25, 0.3) is 0 Å². The molecule has 4 nitrogen and oxygen atoms in total. The molecule has 18 heavy (non-hydrogen) atoms. The van der Waals surface area contributed by atoms with Gasteiger partial charge in [-0.25, -0.2) is 0 Å². The van der Waals surface area contributed by atoms with Crippen LogP contribution in [0.1, 0.15) is 24.5 Å². The van der Waals surface area contributed by atoms with E-state index in [1.54, 1.807) is 0 Å². The molecule has 0 radical (unpaired) electrons. The molecule has 0 atom stereocenters. The van der Waals surface area contributed by atoms with Crippen molar-refractivity contribution in [2.45, 2.75) is 27.2 Å². The van der Waals surface area contributed by atoms with Gasteiger partial charge in [0.05, 0.1) is 0 Å². The third kappa shape index (κ3) is 5.19. The summed E-state index contributed by atoms with van der Waals surface area (Å²) in [5, 5.41) is 3.09. The van der Waals surface area contributed by atoms with Crippen LogP contribution in [0.4, 0.5) is 5.69 Å². The minimum atomic E-state index is 0.453. The molecule has 0 bridgehead atoms. The number of rotatable bonds is 6. The Hall–Kier alpha value is -1.55. The second-order valence-corrected chi connectivity index (χ2v) is 4.24. The third-order valence-electron chi connectivity index (χ3n) is 2.71. The molecule has 1 aromatic carbocycles. The lowest BCUT2D eigenvalue weighted by atomic mass is 10.1. The van der Waals surface area contributed by atoms with Crippen molar-refractivity contribution in [1.29, 1.82) is 0 Å². The molecular weight excluding hydrogens is 226 g/mol. The number of benzene rings is 1. The Morgan fingerprint density at radius 3 is 2.78 bits per heavy atom. The molecule has 0 amide bonds. The van der Waals surface area contributed by atoms with Crippen LogP contribution in [0.5, 0.6) is 0 Å². The highest BCUT2D eigenvalue weighted by atomic mass is 16.5. The molecule has 1 rings (SSSR count). The lowest BCUT2D eigenvalue weighted by molar-refractivity contribution is 0.146. The van der Waals surface area contributed by atoms with Gasteiger partial charge in [0.2, 0.25) is 0 Å². The zero-order valence-corrected chi connectivity index (χ0v) is 11.5. The van der Waals surface area contributed by atoms with E-state index < -0.39 is 0 Å². The predicted octanol–water partition coefficient (Wildman–Crippen LogP) is 2.46. The highest BCUT2D eigenvalue weighted by Gasteiger charge is 1.97. The van der Waals surface area contributed by atoms with Gasteiger partial charge in [-0.15, -0.1) is 0 Å². The van der Waals surface area contributed by atoms with Gasteiger partial charge in [-0.2, -0.15) is 0 Å². The summed E-state index contributed by atoms with van der Waals surface area (Å²) in [5.41, 5.74) is 9.29. The number of nitrogens with two attached hydrogens (primary N) is 1. The van der Waals surface area contributed by atoms with Crippen LogP contribution in [0.15, 0.2) is 23.2 Å². The van der Waals surface area contributed by atoms with Crippen molar-refractivity contribution in [1.82, 2.24) is 0 Å². The van der Waals surface area contributed by atoms with Gasteiger partial charge in [0.25, 0.3) is 0 Å². The summed E-state index contributed by atoms with van der Waals surface area (Å²) < 4.78 is 5.23. The Balaban J connectivity index is 2.40. The van der Waals surface area contributed by atoms with E-state index in [2.05, 4.69) is 36.3 Å². The predicted molar refractivity (Wildman–Crippen MR) is 77.1 cm³/mol. The first-order chi connectivity index (χ1) is 8.63. The van der Waals surface area contributed by atoms with Crippen molar-refractivity contribution < 1.29 is 4.74 Å². The first-order valence-electron chi connectivity index (χ1n) is 6.35. The number of hydrogen-bond donors (Lipinski definition) is 2. The Bertz CT molecular complexity index is 402. The number of anilines is 1. The van der Waals surface area contributed by atoms with Crippen molar-refractivity contribution in [3.8, 4) is 0 Å². The first kappa shape index (κ1) is 14.5. The Morgan fingerprint density at radius 2 is 2.11 bits per heavy atom. The van der Waals surface area contributed by atoms with Gasteiger partial charge in [-0.3, -0.25) is 4.99 Å². The summed E-state index contributed by atoms with van der Waals surface area (Å²) in [5.74, 6) is 0.453. The molecule has 0 heterocycles. The third-order valence-corrected chi connectivity index (χ3v) is 2.71. The van der Waals surface area contributed by atoms with E-state index >= 15 is 0 Å². The topological polar surface area (TPSA) is 59.6 Å². The lowest BCUT2D eigenvalue weighted by Gasteiger charge is -2.08. The van der Waals surface area contributed by atoms with Crippen LogP contribution < -0.4 is 11.1 Å². The molecule has 4 heteroatoms. The van der Waals surface area contributed by atoms with Crippen molar-refractivity contribution in [2.24, 2.45) is 10.7 Å². The average Bonchev–Trinajstić information content (AvgIpc) is 2.34. The molecule has 0 aliphatic carbocycles. The molecule has 0 aliphatic heterocycles. The molecule has 100 valence electrons. The second kappa shape index (κ2) is 7.71. The van der Waals surface area contributed by atoms with E-state index in [9.17, 15) is 0 Å². The van der Waals surface area contributed by atoms with E-state index in [1.807, 2.05) is 13.0 Å². The van der Waals surface area contributed by atoms with Gasteiger partial charge in [-0.05, 0) is 50.5 Å². The van der Waals surface area contributed by atoms with Gasteiger partial charge in [0.15, 0.2) is 5.96 Å². The first-order valence-corrected chi connectivity index (χ1v) is 6.35. The maximum atomic E-state index is 5.81. The van der Waals surface area contributed by atoms with Gasteiger partial charge in [0, 0.05) is 25.4 Å². The molecule has 0 unspecified atom stereocenters. The largest absolute Gasteiger partial charge is 0.382 e. The van der Waals surface area contributed by atoms with Crippen LogP contribution in [-0.4, -0.2) is 25.7 Å². The Labute approximate surface area is 109 Å². The van der Waals surface area contributed by atoms with Crippen LogP contribution in [-0.2, 0) is 4.74 Å². The number of aliphatic imine (C=N–C) groups is 1. The number of aryl methyl sites for hydroxylation is 2. The fourth-order valence-electron chi connectivity index (χ4n) is 1.52. The van der Waals surface area contributed by atoms with Gasteiger partial charge < -0.3 is 15.8 Å². The molecule has 0 saturated heterocycles. The van der Waals surface area contributed by atoms with Crippen molar-refractivity contribution in [2.75, 3.05) is 25.1 Å². The maximum Gasteiger partial charge on any atom is 0.193 e. The minimum Gasteiger partial charge on any atom is -0.382 e. The molecular formula is C14H23N3O. The summed E-state index contributed by atoms with van der Waals surface area (Å²) in [6.45, 7) is 8.32. The molecule has 0 saturated carbocycles. The summed E-state index contributed by atoms with van der Waals surface area (Å²) in [6, 6.07) is 6.14. The number of hydrogen-bond acceptors (Lipinski definition) is 2. The van der Waals surface area contributed by atoms with Gasteiger partial charge in [0.1, 0.15) is 0 Å². The van der Waals surface area contributed by atoms with Gasteiger partial charge in [-0.1, -0.05) is 6.07 Å². The molecule has 0 aliphatic rings. The SMILES string of the molecule is CCOCCCN=C(N)Nc1ccc(C)c(C)c1. The zero-order valence-electron chi connectivity index (χ0n) is 11.5. The van der Waals surface area contributed by atoms with E-state index in [0.29, 0.717) is 12.5 Å². The fourth-order valence-corrected chi connectivity index (χ4v) is 1.52. The van der Waals surface area contributed by atoms with Gasteiger partial charge >= 0.3 is 0 Å². The van der Waals surface area contributed by atoms with Crippen LogP contribution in [0, 0.1) is 13.8 Å². The Kier molecular flexibility index (Phi) is 6.22. The van der Waals surface area contributed by atoms with E-state index in [1.165, 1.54) is 11.1 Å².